The molecule has 4 rings (SSSR count). The van der Waals surface area contributed by atoms with E-state index in [1.165, 1.54) is 18.4 Å². The predicted octanol–water partition coefficient (Wildman–Crippen LogP) is 4.69. The molecule has 0 spiro atoms. The first-order chi connectivity index (χ1) is 14.7. The largest absolute Gasteiger partial charge is 0.320 e. The van der Waals surface area contributed by atoms with Gasteiger partial charge in [0.15, 0.2) is 17.3 Å². The van der Waals surface area contributed by atoms with Crippen LogP contribution >= 0.6 is 11.6 Å². The van der Waals surface area contributed by atoms with Gasteiger partial charge in [0, 0.05) is 18.9 Å². The molecule has 7 nitrogen and oxygen atoms in total. The summed E-state index contributed by atoms with van der Waals surface area (Å²) in [5.74, 6) is 2.39. The van der Waals surface area contributed by atoms with Crippen LogP contribution in [-0.2, 0) is 13.0 Å². The molecule has 0 bridgehead atoms. The number of aldehydes is 1. The number of aryl methyl sites for hydroxylation is 1. The summed E-state index contributed by atoms with van der Waals surface area (Å²) in [5, 5.41) is 15.1. The molecular formula is C22H27ClN6O. The van der Waals surface area contributed by atoms with Gasteiger partial charge in [-0.25, -0.2) is 4.98 Å². The van der Waals surface area contributed by atoms with Crippen LogP contribution in [0.4, 0.5) is 0 Å². The van der Waals surface area contributed by atoms with Gasteiger partial charge in [-0.1, -0.05) is 67.3 Å². The van der Waals surface area contributed by atoms with E-state index >= 15 is 0 Å². The highest BCUT2D eigenvalue weighted by Crippen LogP contribution is 2.42. The summed E-state index contributed by atoms with van der Waals surface area (Å²) < 4.78 is 1.95. The van der Waals surface area contributed by atoms with Gasteiger partial charge in [0.05, 0.1) is 0 Å². The molecule has 1 aliphatic rings. The van der Waals surface area contributed by atoms with Gasteiger partial charge < -0.3 is 4.57 Å². The molecule has 1 aromatic carbocycles. The van der Waals surface area contributed by atoms with Crippen molar-refractivity contribution in [3.8, 4) is 0 Å². The molecule has 2 atom stereocenters. The molecule has 1 N–H and O–H groups in total. The van der Waals surface area contributed by atoms with E-state index in [2.05, 4.69) is 56.8 Å². The Labute approximate surface area is 181 Å². The Balaban J connectivity index is 1.55. The number of benzene rings is 1. The van der Waals surface area contributed by atoms with Gasteiger partial charge in [-0.3, -0.25) is 4.79 Å². The number of aromatic nitrogens is 6. The second kappa shape index (κ2) is 9.51. The minimum Gasteiger partial charge on any atom is -0.320 e. The SMILES string of the molecule is CCCCc1nc(Cl)c(C=O)n1Cc1ccc([C@H]2CCCC[C@@H]2c2nn[nH]n2)cc1. The van der Waals surface area contributed by atoms with Crippen molar-refractivity contribution in [2.24, 2.45) is 0 Å². The second-order valence-corrected chi connectivity index (χ2v) is 8.38. The van der Waals surface area contributed by atoms with Crippen molar-refractivity contribution in [1.29, 1.82) is 0 Å². The van der Waals surface area contributed by atoms with Gasteiger partial charge in [-0.2, -0.15) is 5.21 Å². The first-order valence-corrected chi connectivity index (χ1v) is 11.1. The Morgan fingerprint density at radius 2 is 1.97 bits per heavy atom. The molecule has 1 aliphatic carbocycles. The fourth-order valence-corrected chi connectivity index (χ4v) is 4.76. The van der Waals surface area contributed by atoms with Gasteiger partial charge in [-0.05, 0) is 36.3 Å². The fourth-order valence-electron chi connectivity index (χ4n) is 4.51. The first kappa shape index (κ1) is 20.7. The molecule has 3 aromatic rings. The Morgan fingerprint density at radius 3 is 2.63 bits per heavy atom. The molecule has 0 saturated heterocycles. The fraction of sp³-hybridized carbons (Fsp3) is 0.500. The number of carbonyl (C=O) groups excluding carboxylic acids is 1. The number of H-pyrrole nitrogens is 1. The number of aromatic amines is 1. The number of hydrogen-bond donors (Lipinski definition) is 1. The molecule has 2 heterocycles. The number of halogens is 1. The maximum Gasteiger partial charge on any atom is 0.178 e. The highest BCUT2D eigenvalue weighted by Gasteiger charge is 2.30. The zero-order chi connectivity index (χ0) is 20.9. The summed E-state index contributed by atoms with van der Waals surface area (Å²) >= 11 is 6.20. The van der Waals surface area contributed by atoms with Crippen LogP contribution in [0.25, 0.3) is 0 Å². The molecule has 2 aromatic heterocycles. The number of nitrogens with zero attached hydrogens (tertiary/aromatic N) is 5. The van der Waals surface area contributed by atoms with Crippen molar-refractivity contribution in [2.75, 3.05) is 0 Å². The quantitative estimate of drug-likeness (QED) is 0.527. The predicted molar refractivity (Wildman–Crippen MR) is 115 cm³/mol. The van der Waals surface area contributed by atoms with Crippen LogP contribution in [0.1, 0.15) is 90.5 Å². The average Bonchev–Trinajstić information content (AvgIpc) is 3.41. The summed E-state index contributed by atoms with van der Waals surface area (Å²) in [5.41, 5.74) is 2.88. The Bertz CT molecular complexity index is 966. The summed E-state index contributed by atoms with van der Waals surface area (Å²) in [4.78, 5) is 16.0. The Kier molecular flexibility index (Phi) is 6.57. The molecule has 8 heteroatoms. The Morgan fingerprint density at radius 1 is 1.20 bits per heavy atom. The zero-order valence-corrected chi connectivity index (χ0v) is 18.0. The highest BCUT2D eigenvalue weighted by molar-refractivity contribution is 6.31. The average molecular weight is 427 g/mol. The molecule has 1 fully saturated rings. The van der Waals surface area contributed by atoms with Crippen LogP contribution in [0, 0.1) is 0 Å². The van der Waals surface area contributed by atoms with Gasteiger partial charge in [0.2, 0.25) is 0 Å². The zero-order valence-electron chi connectivity index (χ0n) is 17.2. The lowest BCUT2D eigenvalue weighted by molar-refractivity contribution is 0.111. The number of unbranched alkanes of at least 4 members (excludes halogenated alkanes) is 1. The monoisotopic (exact) mass is 426 g/mol. The van der Waals surface area contributed by atoms with Gasteiger partial charge in [0.25, 0.3) is 0 Å². The van der Waals surface area contributed by atoms with Crippen molar-refractivity contribution in [2.45, 2.75) is 70.3 Å². The van der Waals surface area contributed by atoms with E-state index in [1.807, 2.05) is 4.57 Å². The lowest BCUT2D eigenvalue weighted by atomic mass is 9.75. The number of tetrazole rings is 1. The van der Waals surface area contributed by atoms with Gasteiger partial charge >= 0.3 is 0 Å². The highest BCUT2D eigenvalue weighted by atomic mass is 35.5. The minimum absolute atomic E-state index is 0.290. The van der Waals surface area contributed by atoms with Crippen LogP contribution in [0.15, 0.2) is 24.3 Å². The third kappa shape index (κ3) is 4.31. The summed E-state index contributed by atoms with van der Waals surface area (Å²) in [6.07, 6.45) is 8.34. The van der Waals surface area contributed by atoms with Gasteiger partial charge in [-0.15, -0.1) is 10.2 Å². The van der Waals surface area contributed by atoms with E-state index in [0.29, 0.717) is 24.1 Å². The number of nitrogens with one attached hydrogen (secondary N) is 1. The van der Waals surface area contributed by atoms with E-state index < -0.39 is 0 Å². The molecule has 1 saturated carbocycles. The Hall–Kier alpha value is -2.54. The number of carbonyl (C=O) groups is 1. The molecule has 0 unspecified atom stereocenters. The van der Waals surface area contributed by atoms with E-state index in [9.17, 15) is 4.79 Å². The normalized spacial score (nSPS) is 19.1. The smallest absolute Gasteiger partial charge is 0.178 e. The van der Waals surface area contributed by atoms with Crippen LogP contribution in [0.3, 0.4) is 0 Å². The standard InChI is InChI=1S/C22H27ClN6O/c1-2-3-8-20-24-21(23)19(14-30)29(20)13-15-9-11-16(12-10-15)17-6-4-5-7-18(17)22-25-27-28-26-22/h9-12,14,17-18H,2-8,13H2,1H3,(H,25,26,27,28)/t17-,18+/m1/s1. The maximum atomic E-state index is 11.6. The summed E-state index contributed by atoms with van der Waals surface area (Å²) in [6.45, 7) is 2.73. The van der Waals surface area contributed by atoms with Gasteiger partial charge in [0.1, 0.15) is 11.5 Å². The third-order valence-electron chi connectivity index (χ3n) is 6.11. The second-order valence-electron chi connectivity index (χ2n) is 8.02. The number of hydrogen-bond acceptors (Lipinski definition) is 5. The van der Waals surface area contributed by atoms with Crippen LogP contribution < -0.4 is 0 Å². The summed E-state index contributed by atoms with van der Waals surface area (Å²) in [7, 11) is 0. The van der Waals surface area contributed by atoms with Crippen molar-refractivity contribution in [3.63, 3.8) is 0 Å². The van der Waals surface area contributed by atoms with E-state index in [4.69, 9.17) is 11.6 Å². The molecule has 158 valence electrons. The molecule has 30 heavy (non-hydrogen) atoms. The number of rotatable bonds is 8. The van der Waals surface area contributed by atoms with E-state index in [-0.39, 0.29) is 5.15 Å². The molecule has 0 aliphatic heterocycles. The van der Waals surface area contributed by atoms with Crippen LogP contribution in [0.2, 0.25) is 5.15 Å². The van der Waals surface area contributed by atoms with E-state index in [1.54, 1.807) is 0 Å². The molecule has 0 amide bonds. The third-order valence-corrected chi connectivity index (χ3v) is 6.39. The topological polar surface area (TPSA) is 89.4 Å². The lowest BCUT2D eigenvalue weighted by Crippen LogP contribution is -2.17. The lowest BCUT2D eigenvalue weighted by Gasteiger charge is -2.29. The van der Waals surface area contributed by atoms with E-state index in [0.717, 1.165) is 55.6 Å². The van der Waals surface area contributed by atoms with Crippen LogP contribution in [0.5, 0.6) is 0 Å². The maximum absolute atomic E-state index is 11.6. The molecule has 0 radical (unpaired) electrons. The first-order valence-electron chi connectivity index (χ1n) is 10.7. The minimum atomic E-state index is 0.290. The number of imidazole rings is 1. The van der Waals surface area contributed by atoms with Crippen molar-refractivity contribution >= 4 is 17.9 Å². The van der Waals surface area contributed by atoms with Crippen molar-refractivity contribution < 1.29 is 4.79 Å². The van der Waals surface area contributed by atoms with Crippen LogP contribution in [-0.4, -0.2) is 36.5 Å². The van der Waals surface area contributed by atoms with Crippen molar-refractivity contribution in [3.05, 3.63) is 57.9 Å². The van der Waals surface area contributed by atoms with Crippen molar-refractivity contribution in [1.82, 2.24) is 30.2 Å². The molecular weight excluding hydrogens is 400 g/mol. The summed E-state index contributed by atoms with van der Waals surface area (Å²) in [6, 6.07) is 8.68.